The van der Waals surface area contributed by atoms with E-state index in [2.05, 4.69) is 32.3 Å². The molecule has 3 aromatic rings. The number of hydrogen-bond acceptors (Lipinski definition) is 3. The quantitative estimate of drug-likeness (QED) is 0.725. The van der Waals surface area contributed by atoms with Crippen molar-refractivity contribution in [1.29, 1.82) is 0 Å². The average molecular weight is 365 g/mol. The number of likely N-dealkylation sites (N-methyl/N-ethyl adjacent to an activating group) is 1. The van der Waals surface area contributed by atoms with Gasteiger partial charge < -0.3 is 5.32 Å². The number of thiazole rings is 1. The summed E-state index contributed by atoms with van der Waals surface area (Å²) >= 11 is 5.04. The van der Waals surface area contributed by atoms with Crippen LogP contribution in [0.25, 0.3) is 10.2 Å². The first-order valence-electron chi connectivity index (χ1n) is 6.64. The Kier molecular flexibility index (Phi) is 4.33. The number of halogens is 2. The lowest BCUT2D eigenvalue weighted by Crippen LogP contribution is -2.19. The van der Waals surface area contributed by atoms with Gasteiger partial charge in [-0.3, -0.25) is 0 Å². The third-order valence-corrected chi connectivity index (χ3v) is 5.03. The molecule has 108 valence electrons. The number of fused-ring (bicyclic) bond motifs is 1. The van der Waals surface area contributed by atoms with E-state index in [4.69, 9.17) is 0 Å². The van der Waals surface area contributed by atoms with Gasteiger partial charge in [0.2, 0.25) is 0 Å². The summed E-state index contributed by atoms with van der Waals surface area (Å²) in [5.41, 5.74) is 1.68. The van der Waals surface area contributed by atoms with Gasteiger partial charge in [0.15, 0.2) is 0 Å². The van der Waals surface area contributed by atoms with Crippen molar-refractivity contribution < 1.29 is 4.39 Å². The van der Waals surface area contributed by atoms with Crippen LogP contribution in [0.3, 0.4) is 0 Å². The van der Waals surface area contributed by atoms with Crippen molar-refractivity contribution in [1.82, 2.24) is 10.3 Å². The fraction of sp³-hybridized carbons (Fsp3) is 0.188. The van der Waals surface area contributed by atoms with Crippen LogP contribution in [0.5, 0.6) is 0 Å². The van der Waals surface area contributed by atoms with Crippen molar-refractivity contribution >= 4 is 37.5 Å². The highest BCUT2D eigenvalue weighted by atomic mass is 79.9. The van der Waals surface area contributed by atoms with E-state index >= 15 is 0 Å². The molecule has 0 amide bonds. The van der Waals surface area contributed by atoms with Crippen LogP contribution in [0, 0.1) is 5.82 Å². The molecule has 1 heterocycles. The number of nitrogens with zero attached hydrogens (tertiary/aromatic N) is 1. The van der Waals surface area contributed by atoms with Gasteiger partial charge in [-0.1, -0.05) is 28.1 Å². The van der Waals surface area contributed by atoms with Crippen LogP contribution in [-0.4, -0.2) is 12.0 Å². The number of rotatable bonds is 4. The van der Waals surface area contributed by atoms with Gasteiger partial charge in [0.25, 0.3) is 0 Å². The predicted molar refractivity (Wildman–Crippen MR) is 89.2 cm³/mol. The Hall–Kier alpha value is -1.30. The van der Waals surface area contributed by atoms with Gasteiger partial charge in [-0.15, -0.1) is 11.3 Å². The third kappa shape index (κ3) is 3.15. The van der Waals surface area contributed by atoms with E-state index in [1.54, 1.807) is 17.4 Å². The van der Waals surface area contributed by atoms with E-state index in [9.17, 15) is 4.39 Å². The molecule has 2 nitrogen and oxygen atoms in total. The number of nitrogens with one attached hydrogen (secondary N) is 1. The SMILES string of the molecule is CNC(Cc1cc(Br)ccc1F)c1nc2ccccc2s1. The summed E-state index contributed by atoms with van der Waals surface area (Å²) in [7, 11) is 1.88. The van der Waals surface area contributed by atoms with Crippen LogP contribution in [0.1, 0.15) is 16.6 Å². The number of aromatic nitrogens is 1. The van der Waals surface area contributed by atoms with Gasteiger partial charge >= 0.3 is 0 Å². The molecule has 1 unspecified atom stereocenters. The zero-order chi connectivity index (χ0) is 14.8. The van der Waals surface area contributed by atoms with Gasteiger partial charge in [0, 0.05) is 4.47 Å². The molecule has 3 rings (SSSR count). The number of hydrogen-bond donors (Lipinski definition) is 1. The van der Waals surface area contributed by atoms with E-state index < -0.39 is 0 Å². The standard InChI is InChI=1S/C16H14BrFN2S/c1-19-14(9-10-8-11(17)6-7-12(10)18)16-20-13-4-2-3-5-15(13)21-16/h2-8,14,19H,9H2,1H3. The summed E-state index contributed by atoms with van der Waals surface area (Å²) < 4.78 is 16.0. The molecule has 0 spiro atoms. The van der Waals surface area contributed by atoms with Gasteiger partial charge in [-0.05, 0) is 49.4 Å². The van der Waals surface area contributed by atoms with E-state index in [1.807, 2.05) is 31.3 Å². The Balaban J connectivity index is 1.92. The summed E-state index contributed by atoms with van der Waals surface area (Å²) in [5.74, 6) is -0.181. The minimum Gasteiger partial charge on any atom is -0.311 e. The average Bonchev–Trinajstić information content (AvgIpc) is 2.91. The largest absolute Gasteiger partial charge is 0.311 e. The Morgan fingerprint density at radius 3 is 2.86 bits per heavy atom. The first-order valence-corrected chi connectivity index (χ1v) is 8.25. The van der Waals surface area contributed by atoms with E-state index in [-0.39, 0.29) is 11.9 Å². The van der Waals surface area contributed by atoms with E-state index in [0.717, 1.165) is 19.7 Å². The zero-order valence-electron chi connectivity index (χ0n) is 11.4. The lowest BCUT2D eigenvalue weighted by atomic mass is 10.1. The van der Waals surface area contributed by atoms with Crippen LogP contribution in [0.2, 0.25) is 0 Å². The van der Waals surface area contributed by atoms with Crippen LogP contribution in [0.4, 0.5) is 4.39 Å². The normalized spacial score (nSPS) is 12.7. The first-order chi connectivity index (χ1) is 10.2. The molecule has 0 radical (unpaired) electrons. The molecule has 5 heteroatoms. The maximum absolute atomic E-state index is 13.9. The molecule has 21 heavy (non-hydrogen) atoms. The molecular weight excluding hydrogens is 351 g/mol. The lowest BCUT2D eigenvalue weighted by molar-refractivity contribution is 0.553. The molecule has 1 aromatic heterocycles. The zero-order valence-corrected chi connectivity index (χ0v) is 13.8. The summed E-state index contributed by atoms with van der Waals surface area (Å²) in [5, 5.41) is 4.22. The van der Waals surface area contributed by atoms with E-state index in [1.165, 1.54) is 6.07 Å². The minimum atomic E-state index is -0.181. The first kappa shape index (κ1) is 14.6. The second-order valence-corrected chi connectivity index (χ2v) is 6.78. The fourth-order valence-electron chi connectivity index (χ4n) is 2.27. The Morgan fingerprint density at radius 2 is 2.10 bits per heavy atom. The highest BCUT2D eigenvalue weighted by Crippen LogP contribution is 2.29. The lowest BCUT2D eigenvalue weighted by Gasteiger charge is -2.14. The Morgan fingerprint density at radius 1 is 1.29 bits per heavy atom. The maximum atomic E-state index is 13.9. The van der Waals surface area contributed by atoms with Gasteiger partial charge in [-0.25, -0.2) is 9.37 Å². The molecule has 2 aromatic carbocycles. The summed E-state index contributed by atoms with van der Waals surface area (Å²) in [6.07, 6.45) is 0.571. The highest BCUT2D eigenvalue weighted by Gasteiger charge is 2.17. The van der Waals surface area contributed by atoms with Gasteiger partial charge in [-0.2, -0.15) is 0 Å². The van der Waals surface area contributed by atoms with Crippen molar-refractivity contribution in [3.05, 3.63) is 63.3 Å². The van der Waals surface area contributed by atoms with Gasteiger partial charge in [0.1, 0.15) is 10.8 Å². The molecule has 0 aliphatic heterocycles. The molecule has 1 atom stereocenters. The van der Waals surface area contributed by atoms with Crippen LogP contribution < -0.4 is 5.32 Å². The number of para-hydroxylation sites is 1. The van der Waals surface area contributed by atoms with Crippen molar-refractivity contribution in [2.24, 2.45) is 0 Å². The topological polar surface area (TPSA) is 24.9 Å². The summed E-state index contributed by atoms with van der Waals surface area (Å²) in [6.45, 7) is 0. The molecular formula is C16H14BrFN2S. The predicted octanol–water partition coefficient (Wildman–Crippen LogP) is 4.70. The Labute approximate surface area is 135 Å². The smallest absolute Gasteiger partial charge is 0.126 e. The molecule has 1 N–H and O–H groups in total. The molecule has 0 saturated heterocycles. The second-order valence-electron chi connectivity index (χ2n) is 4.80. The Bertz CT molecular complexity index is 739. The summed E-state index contributed by atoms with van der Waals surface area (Å²) in [4.78, 5) is 4.65. The molecule has 0 saturated carbocycles. The minimum absolute atomic E-state index is 0.00574. The molecule has 0 bridgehead atoms. The van der Waals surface area contributed by atoms with Crippen LogP contribution in [0.15, 0.2) is 46.9 Å². The van der Waals surface area contributed by atoms with Gasteiger partial charge in [0.05, 0.1) is 16.3 Å². The molecule has 0 fully saturated rings. The molecule has 0 aliphatic rings. The van der Waals surface area contributed by atoms with Crippen molar-refractivity contribution in [3.63, 3.8) is 0 Å². The summed E-state index contributed by atoms with van der Waals surface area (Å²) in [6, 6.07) is 13.1. The monoisotopic (exact) mass is 364 g/mol. The van der Waals surface area contributed by atoms with E-state index in [0.29, 0.717) is 12.0 Å². The molecule has 0 aliphatic carbocycles. The number of benzene rings is 2. The highest BCUT2D eigenvalue weighted by molar-refractivity contribution is 9.10. The van der Waals surface area contributed by atoms with Crippen LogP contribution in [-0.2, 0) is 6.42 Å². The van der Waals surface area contributed by atoms with Crippen molar-refractivity contribution in [2.45, 2.75) is 12.5 Å². The van der Waals surface area contributed by atoms with Crippen molar-refractivity contribution in [3.8, 4) is 0 Å². The maximum Gasteiger partial charge on any atom is 0.126 e. The van der Waals surface area contributed by atoms with Crippen LogP contribution >= 0.6 is 27.3 Å². The van der Waals surface area contributed by atoms with Crippen molar-refractivity contribution in [2.75, 3.05) is 7.05 Å². The fourth-order valence-corrected chi connectivity index (χ4v) is 3.76. The second kappa shape index (κ2) is 6.22. The third-order valence-electron chi connectivity index (χ3n) is 3.39.